The highest BCUT2D eigenvalue weighted by atomic mass is 16.5. The van der Waals surface area contributed by atoms with Crippen LogP contribution in [0.4, 0.5) is 0 Å². The fraction of sp³-hybridized carbons (Fsp3) is 0.312. The van der Waals surface area contributed by atoms with Gasteiger partial charge in [-0.05, 0) is 95.5 Å². The molecule has 36 heavy (non-hydrogen) atoms. The van der Waals surface area contributed by atoms with E-state index in [1.165, 1.54) is 22.3 Å². The Bertz CT molecular complexity index is 1200. The van der Waals surface area contributed by atoms with Gasteiger partial charge in [-0.15, -0.1) is 0 Å². The number of benzene rings is 2. The van der Waals surface area contributed by atoms with E-state index in [4.69, 9.17) is 19.5 Å². The molecule has 0 saturated heterocycles. The SMILES string of the molecule is CCC1=C(CC)/C(=C\c2ccc(OC)cc2)N=C1C1=N/C(=C/c2ccc(OC)cc2)C(CC)=C1CC. The topological polar surface area (TPSA) is 43.2 Å². The number of nitrogens with zero attached hydrogens (tertiary/aromatic N) is 2. The van der Waals surface area contributed by atoms with Gasteiger partial charge < -0.3 is 9.47 Å². The molecule has 2 aliphatic heterocycles. The van der Waals surface area contributed by atoms with Gasteiger partial charge in [0.1, 0.15) is 11.5 Å². The van der Waals surface area contributed by atoms with Crippen LogP contribution in [-0.4, -0.2) is 25.6 Å². The first-order valence-corrected chi connectivity index (χ1v) is 12.9. The van der Waals surface area contributed by atoms with E-state index in [0.717, 1.165) is 71.1 Å². The molecule has 0 aromatic heterocycles. The van der Waals surface area contributed by atoms with E-state index in [1.807, 2.05) is 24.3 Å². The van der Waals surface area contributed by atoms with Crippen molar-refractivity contribution in [1.29, 1.82) is 0 Å². The Morgan fingerprint density at radius 1 is 0.528 bits per heavy atom. The minimum atomic E-state index is 0.856. The molecule has 2 aromatic carbocycles. The van der Waals surface area contributed by atoms with E-state index in [0.29, 0.717) is 0 Å². The summed E-state index contributed by atoms with van der Waals surface area (Å²) in [4.78, 5) is 10.4. The second-order valence-corrected chi connectivity index (χ2v) is 8.85. The second-order valence-electron chi connectivity index (χ2n) is 8.85. The number of methoxy groups -OCH3 is 2. The molecule has 4 nitrogen and oxygen atoms in total. The van der Waals surface area contributed by atoms with Crippen molar-refractivity contribution >= 4 is 23.6 Å². The third-order valence-electron chi connectivity index (χ3n) is 6.86. The number of hydrogen-bond donors (Lipinski definition) is 0. The Morgan fingerprint density at radius 3 is 1.14 bits per heavy atom. The third kappa shape index (κ3) is 4.99. The predicted octanol–water partition coefficient (Wildman–Crippen LogP) is 8.23. The molecule has 0 fully saturated rings. The third-order valence-corrected chi connectivity index (χ3v) is 6.86. The van der Waals surface area contributed by atoms with Crippen molar-refractivity contribution in [3.63, 3.8) is 0 Å². The molecule has 0 bridgehead atoms. The summed E-state index contributed by atoms with van der Waals surface area (Å²) >= 11 is 0. The van der Waals surface area contributed by atoms with Gasteiger partial charge in [-0.25, -0.2) is 9.98 Å². The van der Waals surface area contributed by atoms with Crippen LogP contribution in [-0.2, 0) is 0 Å². The van der Waals surface area contributed by atoms with Gasteiger partial charge in [0.05, 0.1) is 37.0 Å². The zero-order valence-corrected chi connectivity index (χ0v) is 22.3. The molecular formula is C32H36N2O2. The molecule has 0 spiro atoms. The van der Waals surface area contributed by atoms with Crippen LogP contribution < -0.4 is 9.47 Å². The van der Waals surface area contributed by atoms with E-state index < -0.39 is 0 Å². The van der Waals surface area contributed by atoms with E-state index in [2.05, 4.69) is 64.1 Å². The van der Waals surface area contributed by atoms with Crippen molar-refractivity contribution in [2.45, 2.75) is 53.4 Å². The summed E-state index contributed by atoms with van der Waals surface area (Å²) in [5.41, 5.74) is 11.6. The van der Waals surface area contributed by atoms with Crippen LogP contribution in [0.25, 0.3) is 12.2 Å². The van der Waals surface area contributed by atoms with E-state index >= 15 is 0 Å². The lowest BCUT2D eigenvalue weighted by Crippen LogP contribution is -2.16. The molecule has 0 atom stereocenters. The second kappa shape index (κ2) is 11.4. The van der Waals surface area contributed by atoms with Gasteiger partial charge in [-0.1, -0.05) is 52.0 Å². The molecule has 186 valence electrons. The molecule has 2 aliphatic rings. The van der Waals surface area contributed by atoms with Crippen molar-refractivity contribution in [3.05, 3.63) is 93.3 Å². The predicted molar refractivity (Wildman–Crippen MR) is 152 cm³/mol. The highest BCUT2D eigenvalue weighted by Gasteiger charge is 2.31. The molecule has 0 radical (unpaired) electrons. The summed E-state index contributed by atoms with van der Waals surface area (Å²) in [5.74, 6) is 1.71. The summed E-state index contributed by atoms with van der Waals surface area (Å²) < 4.78 is 10.6. The molecule has 0 aliphatic carbocycles. The van der Waals surface area contributed by atoms with Gasteiger partial charge in [0.15, 0.2) is 0 Å². The zero-order chi connectivity index (χ0) is 25.7. The molecule has 0 saturated carbocycles. The van der Waals surface area contributed by atoms with Gasteiger partial charge in [0.2, 0.25) is 0 Å². The summed E-state index contributed by atoms with van der Waals surface area (Å²) in [6, 6.07) is 16.3. The normalized spacial score (nSPS) is 17.8. The van der Waals surface area contributed by atoms with Crippen LogP contribution in [0.2, 0.25) is 0 Å². The minimum Gasteiger partial charge on any atom is -0.497 e. The number of ether oxygens (including phenoxy) is 2. The Labute approximate surface area is 215 Å². The van der Waals surface area contributed by atoms with Gasteiger partial charge in [-0.3, -0.25) is 0 Å². The maximum absolute atomic E-state index is 5.32. The lowest BCUT2D eigenvalue weighted by molar-refractivity contribution is 0.414. The molecule has 4 heteroatoms. The average Bonchev–Trinajstić information content (AvgIpc) is 3.45. The first-order chi connectivity index (χ1) is 17.6. The van der Waals surface area contributed by atoms with Crippen molar-refractivity contribution in [2.24, 2.45) is 9.98 Å². The van der Waals surface area contributed by atoms with Crippen molar-refractivity contribution in [3.8, 4) is 11.5 Å². The summed E-state index contributed by atoms with van der Waals surface area (Å²) in [7, 11) is 3.38. The molecule has 0 unspecified atom stereocenters. The quantitative estimate of drug-likeness (QED) is 0.363. The van der Waals surface area contributed by atoms with Crippen LogP contribution in [0.5, 0.6) is 11.5 Å². The maximum atomic E-state index is 5.32. The average molecular weight is 481 g/mol. The monoisotopic (exact) mass is 480 g/mol. The fourth-order valence-electron chi connectivity index (χ4n) is 5.00. The molecular weight excluding hydrogens is 444 g/mol. The number of rotatable bonds is 9. The Kier molecular flexibility index (Phi) is 8.04. The van der Waals surface area contributed by atoms with E-state index in [1.54, 1.807) is 14.2 Å². The molecule has 2 heterocycles. The minimum absolute atomic E-state index is 0.856. The Morgan fingerprint density at radius 2 is 0.861 bits per heavy atom. The van der Waals surface area contributed by atoms with Crippen LogP contribution >= 0.6 is 0 Å². The summed E-state index contributed by atoms with van der Waals surface area (Å²) in [5, 5.41) is 0. The van der Waals surface area contributed by atoms with Crippen LogP contribution in [0.15, 0.2) is 92.2 Å². The first kappa shape index (κ1) is 25.4. The number of aliphatic imine (C=N–C) groups is 2. The molecule has 4 rings (SSSR count). The maximum Gasteiger partial charge on any atom is 0.118 e. The Hall–Kier alpha value is -3.66. The number of hydrogen-bond acceptors (Lipinski definition) is 4. The molecule has 2 aromatic rings. The van der Waals surface area contributed by atoms with Crippen molar-refractivity contribution < 1.29 is 9.47 Å². The lowest BCUT2D eigenvalue weighted by Gasteiger charge is -2.10. The van der Waals surface area contributed by atoms with Crippen LogP contribution in [0.1, 0.15) is 64.5 Å². The van der Waals surface area contributed by atoms with Gasteiger partial charge in [-0.2, -0.15) is 0 Å². The van der Waals surface area contributed by atoms with E-state index in [-0.39, 0.29) is 0 Å². The van der Waals surface area contributed by atoms with Crippen LogP contribution in [0.3, 0.4) is 0 Å². The summed E-state index contributed by atoms with van der Waals surface area (Å²) in [6.07, 6.45) is 8.09. The Balaban J connectivity index is 1.80. The highest BCUT2D eigenvalue weighted by molar-refractivity contribution is 6.55. The van der Waals surface area contributed by atoms with Crippen LogP contribution in [0, 0.1) is 0 Å². The van der Waals surface area contributed by atoms with E-state index in [9.17, 15) is 0 Å². The number of allylic oxidation sites excluding steroid dienone is 4. The van der Waals surface area contributed by atoms with Crippen molar-refractivity contribution in [1.82, 2.24) is 0 Å². The van der Waals surface area contributed by atoms with Gasteiger partial charge >= 0.3 is 0 Å². The van der Waals surface area contributed by atoms with Crippen molar-refractivity contribution in [2.75, 3.05) is 14.2 Å². The fourth-order valence-corrected chi connectivity index (χ4v) is 5.00. The zero-order valence-electron chi connectivity index (χ0n) is 22.3. The first-order valence-electron chi connectivity index (χ1n) is 12.9. The molecule has 0 amide bonds. The largest absolute Gasteiger partial charge is 0.497 e. The molecule has 0 N–H and O–H groups in total. The smallest absolute Gasteiger partial charge is 0.118 e. The lowest BCUT2D eigenvalue weighted by atomic mass is 9.91. The standard InChI is InChI=1S/C32H36N2O2/c1-7-25-27(9-3)31(33-29(25)19-21-11-15-23(35-5)16-12-21)32-28(10-4)26(8-2)30(34-32)20-22-13-17-24(36-6)18-14-22/h11-20H,7-10H2,1-6H3/b29-19+,30-20+. The van der Waals surface area contributed by atoms with Gasteiger partial charge in [0.25, 0.3) is 0 Å². The van der Waals surface area contributed by atoms with Gasteiger partial charge in [0, 0.05) is 0 Å². The summed E-state index contributed by atoms with van der Waals surface area (Å²) in [6.45, 7) is 8.86. The highest BCUT2D eigenvalue weighted by Crippen LogP contribution is 2.38.